The predicted octanol–water partition coefficient (Wildman–Crippen LogP) is -0.830. The van der Waals surface area contributed by atoms with Gasteiger partial charge in [-0.2, -0.15) is 0 Å². The largest absolute Gasteiger partial charge is 0.566 e. The van der Waals surface area contributed by atoms with Gasteiger partial charge >= 0.3 is 8.25 Å². The monoisotopic (exact) mass is 180 g/mol. The van der Waals surface area contributed by atoms with Gasteiger partial charge in [0.15, 0.2) is 0 Å². The Morgan fingerprint density at radius 3 is 3.09 bits per heavy atom. The maximum absolute atomic E-state index is 10.1. The van der Waals surface area contributed by atoms with Gasteiger partial charge in [0.05, 0.1) is 6.61 Å². The summed E-state index contributed by atoms with van der Waals surface area (Å²) >= 11 is 0. The van der Waals surface area contributed by atoms with Gasteiger partial charge in [-0.25, -0.2) is 0 Å². The van der Waals surface area contributed by atoms with Crippen LogP contribution in [0.5, 0.6) is 0 Å². The molecule has 11 heavy (non-hydrogen) atoms. The minimum absolute atomic E-state index is 0.201. The number of ether oxygens (including phenoxy) is 1. The lowest BCUT2D eigenvalue weighted by Gasteiger charge is -2.09. The molecule has 0 bridgehead atoms. The molecule has 6 heteroatoms. The van der Waals surface area contributed by atoms with Crippen molar-refractivity contribution in [2.75, 3.05) is 13.2 Å². The summed E-state index contributed by atoms with van der Waals surface area (Å²) in [5, 5.41) is 8.65. The van der Waals surface area contributed by atoms with Crippen LogP contribution in [0.2, 0.25) is 0 Å². The van der Waals surface area contributed by atoms with E-state index in [4.69, 9.17) is 9.84 Å². The Morgan fingerprint density at radius 2 is 2.55 bits per heavy atom. The third-order valence-electron chi connectivity index (χ3n) is 1.55. The Hall–Kier alpha value is -0.0600. The van der Waals surface area contributed by atoms with E-state index in [-0.39, 0.29) is 6.61 Å². The first-order valence-electron chi connectivity index (χ1n) is 3.27. The lowest BCUT2D eigenvalue weighted by atomic mass is 10.2. The number of rotatable bonds is 3. The summed E-state index contributed by atoms with van der Waals surface area (Å²) in [4.78, 5) is 10.1. The van der Waals surface area contributed by atoms with Crippen LogP contribution in [0.1, 0.15) is 6.42 Å². The summed E-state index contributed by atoms with van der Waals surface area (Å²) in [7, 11) is -2.83. The van der Waals surface area contributed by atoms with Crippen molar-refractivity contribution < 1.29 is 23.8 Å². The van der Waals surface area contributed by atoms with Crippen molar-refractivity contribution in [2.24, 2.45) is 0 Å². The van der Waals surface area contributed by atoms with Crippen LogP contribution in [0.4, 0.5) is 0 Å². The van der Waals surface area contributed by atoms with Crippen LogP contribution >= 0.6 is 8.25 Å². The Bertz CT molecular complexity index is 150. The summed E-state index contributed by atoms with van der Waals surface area (Å²) in [6, 6.07) is 0. The molecule has 0 aromatic heterocycles. The molecule has 64 valence electrons. The van der Waals surface area contributed by atoms with E-state index in [9.17, 15) is 9.46 Å². The van der Waals surface area contributed by atoms with E-state index in [0.717, 1.165) is 0 Å². The van der Waals surface area contributed by atoms with Gasteiger partial charge in [0, 0.05) is 13.0 Å². The summed E-state index contributed by atoms with van der Waals surface area (Å²) in [5.74, 6) is 0. The molecule has 1 fully saturated rings. The molecule has 1 aliphatic rings. The zero-order valence-corrected chi connectivity index (χ0v) is 6.70. The minimum atomic E-state index is -2.83. The molecule has 0 spiro atoms. The zero-order valence-electron chi connectivity index (χ0n) is 5.80. The third kappa shape index (κ3) is 2.47. The minimum Gasteiger partial charge on any atom is -0.566 e. The van der Waals surface area contributed by atoms with E-state index in [1.165, 1.54) is 0 Å². The number of hydrogen-bond donors (Lipinski definition) is 1. The second kappa shape index (κ2) is 4.09. The van der Waals surface area contributed by atoms with Crippen molar-refractivity contribution in [3.63, 3.8) is 0 Å². The molecule has 0 amide bonds. The van der Waals surface area contributed by atoms with Crippen molar-refractivity contribution in [1.29, 1.82) is 0 Å². The topological polar surface area (TPSA) is 78.8 Å². The van der Waals surface area contributed by atoms with Crippen molar-refractivity contribution in [1.82, 2.24) is 0 Å². The first-order chi connectivity index (χ1) is 5.24. The van der Waals surface area contributed by atoms with Crippen LogP contribution in [0.15, 0.2) is 0 Å². The van der Waals surface area contributed by atoms with E-state index in [1.54, 1.807) is 0 Å². The van der Waals surface area contributed by atoms with Crippen molar-refractivity contribution in [3.8, 4) is 0 Å². The van der Waals surface area contributed by atoms with Crippen molar-refractivity contribution in [3.05, 3.63) is 0 Å². The van der Waals surface area contributed by atoms with Gasteiger partial charge in [0.1, 0.15) is 12.2 Å². The molecular weight excluding hydrogens is 171 g/mol. The highest BCUT2D eigenvalue weighted by molar-refractivity contribution is 7.30. The molecule has 1 rings (SSSR count). The Morgan fingerprint density at radius 1 is 1.82 bits per heavy atom. The second-order valence-electron chi connectivity index (χ2n) is 2.25. The van der Waals surface area contributed by atoms with Crippen molar-refractivity contribution in [2.45, 2.75) is 18.6 Å². The smallest absolute Gasteiger partial charge is 0.488 e. The molecular formula is C5H9O5P. The van der Waals surface area contributed by atoms with Gasteiger partial charge < -0.3 is 14.7 Å². The molecule has 1 aliphatic heterocycles. The van der Waals surface area contributed by atoms with E-state index in [2.05, 4.69) is 4.52 Å². The van der Waals surface area contributed by atoms with Crippen LogP contribution in [0.3, 0.4) is 0 Å². The molecule has 1 N–H and O–H groups in total. The molecule has 0 aromatic rings. The number of hydrogen-bond acceptors (Lipinski definition) is 5. The fourth-order valence-electron chi connectivity index (χ4n) is 1.03. The Kier molecular flexibility index (Phi) is 3.36. The highest BCUT2D eigenvalue weighted by atomic mass is 31.1. The molecule has 1 saturated heterocycles. The molecule has 0 aliphatic carbocycles. The second-order valence-corrected chi connectivity index (χ2v) is 2.91. The summed E-state index contributed by atoms with van der Waals surface area (Å²) in [6.07, 6.45) is -0.460. The quantitative estimate of drug-likeness (QED) is 0.573. The Labute approximate surface area is 64.9 Å². The average Bonchev–Trinajstić information content (AvgIpc) is 2.34. The highest BCUT2D eigenvalue weighted by Gasteiger charge is 2.32. The molecule has 0 radical (unpaired) electrons. The van der Waals surface area contributed by atoms with Gasteiger partial charge in [0.2, 0.25) is 0 Å². The lowest BCUT2D eigenvalue weighted by molar-refractivity contribution is -0.191. The van der Waals surface area contributed by atoms with Gasteiger partial charge in [0.25, 0.3) is 0 Å². The highest BCUT2D eigenvalue weighted by Crippen LogP contribution is 2.24. The molecule has 0 saturated carbocycles. The van der Waals surface area contributed by atoms with E-state index in [0.29, 0.717) is 13.0 Å². The van der Waals surface area contributed by atoms with Crippen LogP contribution in [0.25, 0.3) is 0 Å². The summed E-state index contributed by atoms with van der Waals surface area (Å²) in [5.41, 5.74) is 0. The maximum Gasteiger partial charge on any atom is 0.488 e. The standard InChI is InChI=1S/C5H9O5P/c6-3-5-4(1-2-9-5)10-11(7)8/h4-6H,1-3H2/t4-,5-/m1/s1. The van der Waals surface area contributed by atoms with Crippen LogP contribution < -0.4 is 4.89 Å². The zero-order chi connectivity index (χ0) is 8.27. The number of aliphatic hydroxyl groups excluding tert-OH is 1. The molecule has 5 nitrogen and oxygen atoms in total. The van der Waals surface area contributed by atoms with Crippen LogP contribution in [0, 0.1) is 0 Å². The van der Waals surface area contributed by atoms with E-state index >= 15 is 0 Å². The van der Waals surface area contributed by atoms with E-state index in [1.807, 2.05) is 0 Å². The Balaban J connectivity index is 2.37. The first-order valence-corrected chi connectivity index (χ1v) is 4.37. The summed E-state index contributed by atoms with van der Waals surface area (Å²) in [6.45, 7) is 0.243. The van der Waals surface area contributed by atoms with E-state index < -0.39 is 20.5 Å². The van der Waals surface area contributed by atoms with Crippen molar-refractivity contribution >= 4 is 8.25 Å². The molecule has 3 atom stereocenters. The third-order valence-corrected chi connectivity index (χ3v) is 1.99. The van der Waals surface area contributed by atoms with Gasteiger partial charge in [-0.1, -0.05) is 0 Å². The molecule has 0 aromatic carbocycles. The van der Waals surface area contributed by atoms with Gasteiger partial charge in [-0.15, -0.1) is 4.52 Å². The first kappa shape index (κ1) is 9.03. The van der Waals surface area contributed by atoms with Gasteiger partial charge in [-0.05, 0) is 4.57 Å². The molecule has 1 heterocycles. The average molecular weight is 180 g/mol. The van der Waals surface area contributed by atoms with Gasteiger partial charge in [-0.3, -0.25) is 0 Å². The number of aliphatic hydroxyl groups is 1. The molecule has 1 unspecified atom stereocenters. The summed E-state index contributed by atoms with van der Waals surface area (Å²) < 4.78 is 19.6. The van der Waals surface area contributed by atoms with Crippen LogP contribution in [-0.4, -0.2) is 30.5 Å². The fraction of sp³-hybridized carbons (Fsp3) is 1.00. The normalized spacial score (nSPS) is 32.4. The fourth-order valence-corrected chi connectivity index (χ4v) is 1.49. The maximum atomic E-state index is 10.1. The lowest BCUT2D eigenvalue weighted by Crippen LogP contribution is -2.26. The predicted molar refractivity (Wildman–Crippen MR) is 33.9 cm³/mol. The SMILES string of the molecule is O=[P+]([O-])O[C@@H]1CCO[C@@H]1CO. The van der Waals surface area contributed by atoms with Crippen LogP contribution in [-0.2, 0) is 13.8 Å².